The SMILES string of the molecule is COc1ccc(CN2C(=O)NC(C)(c3ccc(C(C)(C)C)cc3)C2=O)cc1F. The van der Waals surface area contributed by atoms with E-state index in [2.05, 4.69) is 26.1 Å². The first kappa shape index (κ1) is 19.9. The molecule has 1 atom stereocenters. The zero-order valence-corrected chi connectivity index (χ0v) is 16.8. The molecule has 2 aromatic carbocycles. The summed E-state index contributed by atoms with van der Waals surface area (Å²) in [5.74, 6) is -0.783. The van der Waals surface area contributed by atoms with Gasteiger partial charge in [-0.05, 0) is 41.2 Å². The van der Waals surface area contributed by atoms with Gasteiger partial charge < -0.3 is 10.1 Å². The van der Waals surface area contributed by atoms with Crippen LogP contribution in [0.15, 0.2) is 42.5 Å². The summed E-state index contributed by atoms with van der Waals surface area (Å²) in [5, 5.41) is 2.78. The first-order valence-corrected chi connectivity index (χ1v) is 9.14. The van der Waals surface area contributed by atoms with Crippen molar-refractivity contribution in [2.24, 2.45) is 0 Å². The van der Waals surface area contributed by atoms with Gasteiger partial charge in [0.05, 0.1) is 13.7 Å². The van der Waals surface area contributed by atoms with Crippen molar-refractivity contribution < 1.29 is 18.7 Å². The summed E-state index contributed by atoms with van der Waals surface area (Å²) in [6.07, 6.45) is 0. The van der Waals surface area contributed by atoms with Crippen LogP contribution in [-0.2, 0) is 22.3 Å². The van der Waals surface area contributed by atoms with Crippen molar-refractivity contribution in [1.82, 2.24) is 10.2 Å². The first-order valence-electron chi connectivity index (χ1n) is 9.14. The van der Waals surface area contributed by atoms with Crippen LogP contribution in [0.5, 0.6) is 5.75 Å². The number of methoxy groups -OCH3 is 1. The molecule has 5 nitrogen and oxygen atoms in total. The first-order chi connectivity index (χ1) is 13.1. The average Bonchev–Trinajstić information content (AvgIpc) is 2.85. The smallest absolute Gasteiger partial charge is 0.325 e. The highest BCUT2D eigenvalue weighted by molar-refractivity contribution is 6.07. The maximum Gasteiger partial charge on any atom is 0.325 e. The molecule has 1 heterocycles. The molecule has 1 unspecified atom stereocenters. The van der Waals surface area contributed by atoms with Crippen LogP contribution >= 0.6 is 0 Å². The monoisotopic (exact) mass is 384 g/mol. The van der Waals surface area contributed by atoms with Gasteiger partial charge in [-0.2, -0.15) is 0 Å². The number of ether oxygens (including phenoxy) is 1. The molecule has 0 saturated carbocycles. The molecule has 1 N–H and O–H groups in total. The molecule has 0 aromatic heterocycles. The fourth-order valence-electron chi connectivity index (χ4n) is 3.33. The normalized spacial score (nSPS) is 19.7. The van der Waals surface area contributed by atoms with Crippen LogP contribution in [0.4, 0.5) is 9.18 Å². The van der Waals surface area contributed by atoms with Gasteiger partial charge in [0.15, 0.2) is 11.6 Å². The molecular formula is C22H25FN2O3. The van der Waals surface area contributed by atoms with Crippen LogP contribution < -0.4 is 10.1 Å². The van der Waals surface area contributed by atoms with Gasteiger partial charge in [-0.3, -0.25) is 9.69 Å². The zero-order valence-electron chi connectivity index (χ0n) is 16.8. The van der Waals surface area contributed by atoms with E-state index in [0.717, 1.165) is 10.5 Å². The van der Waals surface area contributed by atoms with Gasteiger partial charge in [-0.1, -0.05) is 51.1 Å². The number of halogens is 1. The molecular weight excluding hydrogens is 359 g/mol. The van der Waals surface area contributed by atoms with Gasteiger partial charge in [-0.15, -0.1) is 0 Å². The highest BCUT2D eigenvalue weighted by Gasteiger charge is 2.48. The predicted molar refractivity (Wildman–Crippen MR) is 105 cm³/mol. The van der Waals surface area contributed by atoms with Crippen LogP contribution in [0.25, 0.3) is 0 Å². The van der Waals surface area contributed by atoms with Gasteiger partial charge >= 0.3 is 6.03 Å². The molecule has 1 aliphatic rings. The third kappa shape index (κ3) is 3.46. The Morgan fingerprint density at radius 3 is 2.29 bits per heavy atom. The maximum absolute atomic E-state index is 13.9. The fourth-order valence-corrected chi connectivity index (χ4v) is 3.33. The summed E-state index contributed by atoms with van der Waals surface area (Å²) in [5.41, 5.74) is 1.20. The number of carbonyl (C=O) groups is 2. The summed E-state index contributed by atoms with van der Waals surface area (Å²) >= 11 is 0. The third-order valence-electron chi connectivity index (χ3n) is 5.16. The minimum absolute atomic E-state index is 0.00710. The molecule has 0 radical (unpaired) electrons. The van der Waals surface area contributed by atoms with Gasteiger partial charge in [0.2, 0.25) is 0 Å². The second-order valence-electron chi connectivity index (χ2n) is 8.24. The fraction of sp³-hybridized carbons (Fsp3) is 0.364. The van der Waals surface area contributed by atoms with Crippen molar-refractivity contribution in [3.05, 3.63) is 65.0 Å². The zero-order chi connectivity index (χ0) is 20.7. The van der Waals surface area contributed by atoms with Crippen LogP contribution in [0, 0.1) is 5.82 Å². The van der Waals surface area contributed by atoms with Gasteiger partial charge in [0.1, 0.15) is 5.54 Å². The third-order valence-corrected chi connectivity index (χ3v) is 5.16. The Kier molecular flexibility index (Phi) is 4.91. The van der Waals surface area contributed by atoms with Crippen LogP contribution in [0.3, 0.4) is 0 Å². The van der Waals surface area contributed by atoms with Gasteiger partial charge in [0, 0.05) is 0 Å². The maximum atomic E-state index is 13.9. The van der Waals surface area contributed by atoms with E-state index in [1.54, 1.807) is 13.0 Å². The second-order valence-corrected chi connectivity index (χ2v) is 8.24. The largest absolute Gasteiger partial charge is 0.494 e. The van der Waals surface area contributed by atoms with Crippen LogP contribution in [0.2, 0.25) is 0 Å². The topological polar surface area (TPSA) is 58.6 Å². The van der Waals surface area contributed by atoms with E-state index in [0.29, 0.717) is 11.1 Å². The number of benzene rings is 2. The lowest BCUT2D eigenvalue weighted by molar-refractivity contribution is -0.131. The molecule has 1 saturated heterocycles. The molecule has 0 spiro atoms. The molecule has 0 aliphatic carbocycles. The van der Waals surface area contributed by atoms with Gasteiger partial charge in [-0.25, -0.2) is 9.18 Å². The average molecular weight is 384 g/mol. The minimum Gasteiger partial charge on any atom is -0.494 e. The van der Waals surface area contributed by atoms with Crippen molar-refractivity contribution >= 4 is 11.9 Å². The lowest BCUT2D eigenvalue weighted by atomic mass is 9.84. The van der Waals surface area contributed by atoms with E-state index in [4.69, 9.17) is 4.74 Å². The predicted octanol–water partition coefficient (Wildman–Crippen LogP) is 4.10. The van der Waals surface area contributed by atoms with Crippen molar-refractivity contribution in [3.63, 3.8) is 0 Å². The van der Waals surface area contributed by atoms with E-state index in [9.17, 15) is 14.0 Å². The number of imide groups is 1. The Morgan fingerprint density at radius 2 is 1.75 bits per heavy atom. The van der Waals surface area contributed by atoms with Crippen molar-refractivity contribution in [2.75, 3.05) is 7.11 Å². The van der Waals surface area contributed by atoms with Crippen LogP contribution in [-0.4, -0.2) is 23.9 Å². The molecule has 1 aliphatic heterocycles. The number of nitrogens with one attached hydrogen (secondary N) is 1. The Morgan fingerprint density at radius 1 is 1.11 bits per heavy atom. The lowest BCUT2D eigenvalue weighted by Gasteiger charge is -2.24. The Bertz CT molecular complexity index is 918. The number of urea groups is 1. The number of carbonyl (C=O) groups excluding carboxylic acids is 2. The van der Waals surface area contributed by atoms with Crippen LogP contribution in [0.1, 0.15) is 44.4 Å². The minimum atomic E-state index is -1.15. The number of amides is 3. The highest BCUT2D eigenvalue weighted by Crippen LogP contribution is 2.32. The van der Waals surface area contributed by atoms with E-state index >= 15 is 0 Å². The Labute approximate surface area is 164 Å². The molecule has 3 rings (SSSR count). The molecule has 6 heteroatoms. The van der Waals surface area contributed by atoms with E-state index in [1.165, 1.54) is 19.2 Å². The van der Waals surface area contributed by atoms with Crippen molar-refractivity contribution in [2.45, 2.75) is 45.2 Å². The van der Waals surface area contributed by atoms with Crippen molar-refractivity contribution in [1.29, 1.82) is 0 Å². The molecule has 148 valence electrons. The van der Waals surface area contributed by atoms with E-state index < -0.39 is 17.4 Å². The highest BCUT2D eigenvalue weighted by atomic mass is 19.1. The van der Waals surface area contributed by atoms with Crippen molar-refractivity contribution in [3.8, 4) is 5.75 Å². The number of hydrogen-bond donors (Lipinski definition) is 1. The molecule has 28 heavy (non-hydrogen) atoms. The molecule has 0 bridgehead atoms. The summed E-state index contributed by atoms with van der Waals surface area (Å²) in [4.78, 5) is 26.7. The summed E-state index contributed by atoms with van der Waals surface area (Å²) in [6.45, 7) is 8.01. The quantitative estimate of drug-likeness (QED) is 0.808. The lowest BCUT2D eigenvalue weighted by Crippen LogP contribution is -2.40. The standard InChI is InChI=1S/C22H25FN2O3/c1-21(2,3)15-7-9-16(10-8-15)22(4)19(26)25(20(27)24-22)13-14-6-11-18(28-5)17(23)12-14/h6-12H,13H2,1-5H3,(H,24,27). The van der Waals surface area contributed by atoms with Gasteiger partial charge in [0.25, 0.3) is 5.91 Å². The summed E-state index contributed by atoms with van der Waals surface area (Å²) < 4.78 is 18.8. The number of rotatable bonds is 4. The summed E-state index contributed by atoms with van der Waals surface area (Å²) in [6, 6.07) is 11.6. The Hall–Kier alpha value is -2.89. The summed E-state index contributed by atoms with van der Waals surface area (Å²) in [7, 11) is 1.38. The molecule has 1 fully saturated rings. The number of nitrogens with zero attached hydrogens (tertiary/aromatic N) is 1. The Balaban J connectivity index is 1.85. The second kappa shape index (κ2) is 6.93. The number of hydrogen-bond acceptors (Lipinski definition) is 3. The molecule has 3 amide bonds. The molecule has 2 aromatic rings. The van der Waals surface area contributed by atoms with E-state index in [1.807, 2.05) is 24.3 Å². The van der Waals surface area contributed by atoms with E-state index in [-0.39, 0.29) is 23.6 Å².